The van der Waals surface area contributed by atoms with Crippen LogP contribution in [0.3, 0.4) is 0 Å². The highest BCUT2D eigenvalue weighted by Gasteiger charge is 2.31. The number of hydrogen-bond acceptors (Lipinski definition) is 4. The molecule has 1 aromatic heterocycles. The van der Waals surface area contributed by atoms with Gasteiger partial charge < -0.3 is 4.79 Å². The van der Waals surface area contributed by atoms with E-state index in [1.165, 1.54) is 9.13 Å². The highest BCUT2D eigenvalue weighted by molar-refractivity contribution is 6.00. The van der Waals surface area contributed by atoms with E-state index < -0.39 is 11.9 Å². The Morgan fingerprint density at radius 3 is 2.68 bits per heavy atom. The Labute approximate surface area is 144 Å². The zero-order chi connectivity index (χ0) is 18.1. The van der Waals surface area contributed by atoms with Gasteiger partial charge in [-0.3, -0.25) is 24.0 Å². The summed E-state index contributed by atoms with van der Waals surface area (Å²) in [5.74, 6) is -0.972. The van der Waals surface area contributed by atoms with E-state index in [0.717, 1.165) is 24.7 Å². The molecule has 2 heterocycles. The fourth-order valence-electron chi connectivity index (χ4n) is 3.47. The van der Waals surface area contributed by atoms with Gasteiger partial charge in [-0.05, 0) is 30.5 Å². The topological polar surface area (TPSA) is 90.2 Å². The lowest BCUT2D eigenvalue weighted by Crippen LogP contribution is -2.44. The van der Waals surface area contributed by atoms with Gasteiger partial charge in [0.05, 0.1) is 11.0 Å². The number of benzene rings is 1. The second kappa shape index (κ2) is 6.66. The molecule has 0 bridgehead atoms. The average Bonchev–Trinajstić information content (AvgIpc) is 2.84. The molecule has 1 N–H and O–H groups in total. The number of piperidine rings is 1. The summed E-state index contributed by atoms with van der Waals surface area (Å²) >= 11 is 0. The largest absolute Gasteiger partial charge is 0.329 e. The second-order valence-electron chi connectivity index (χ2n) is 6.46. The zero-order valence-electron chi connectivity index (χ0n) is 14.3. The lowest BCUT2D eigenvalue weighted by atomic mass is 9.95. The number of imidazole rings is 1. The van der Waals surface area contributed by atoms with Gasteiger partial charge in [0.25, 0.3) is 0 Å². The predicted molar refractivity (Wildman–Crippen MR) is 92.3 cm³/mol. The third-order valence-electron chi connectivity index (χ3n) is 4.83. The first-order chi connectivity index (χ1) is 12.0. The van der Waals surface area contributed by atoms with Crippen molar-refractivity contribution in [1.82, 2.24) is 14.5 Å². The van der Waals surface area contributed by atoms with Gasteiger partial charge in [0, 0.05) is 19.4 Å². The van der Waals surface area contributed by atoms with Gasteiger partial charge >= 0.3 is 5.69 Å². The molecule has 1 aromatic carbocycles. The lowest BCUT2D eigenvalue weighted by molar-refractivity contribution is -0.135. The quantitative estimate of drug-likeness (QED) is 0.656. The van der Waals surface area contributed by atoms with Crippen LogP contribution >= 0.6 is 0 Å². The lowest BCUT2D eigenvalue weighted by Gasteiger charge is -2.22. The van der Waals surface area contributed by atoms with Gasteiger partial charge in [0.15, 0.2) is 0 Å². The second-order valence-corrected chi connectivity index (χ2v) is 6.46. The van der Waals surface area contributed by atoms with Gasteiger partial charge in [-0.15, -0.1) is 0 Å². The van der Waals surface area contributed by atoms with E-state index in [1.54, 1.807) is 13.1 Å². The number of imide groups is 1. The standard InChI is InChI=1S/C18H21N3O4/c1-3-4-12(10-22)11-5-6-13-15(9-11)20(2)18(25)21(13)14-7-8-16(23)19-17(14)24/h5-6,9-10,12,14H,3-4,7-8H2,1-2H3,(H,19,23,24). The molecule has 0 saturated carbocycles. The van der Waals surface area contributed by atoms with Crippen molar-refractivity contribution in [3.63, 3.8) is 0 Å². The third-order valence-corrected chi connectivity index (χ3v) is 4.83. The maximum atomic E-state index is 12.7. The molecule has 7 heteroatoms. The summed E-state index contributed by atoms with van der Waals surface area (Å²) in [6, 6.07) is 4.76. The molecule has 2 aromatic rings. The van der Waals surface area contributed by atoms with Crippen LogP contribution in [0.25, 0.3) is 11.0 Å². The van der Waals surface area contributed by atoms with Gasteiger partial charge in [-0.2, -0.15) is 0 Å². The van der Waals surface area contributed by atoms with Crippen LogP contribution in [0.2, 0.25) is 0 Å². The monoisotopic (exact) mass is 343 g/mol. The van der Waals surface area contributed by atoms with E-state index in [4.69, 9.17) is 0 Å². The summed E-state index contributed by atoms with van der Waals surface area (Å²) in [4.78, 5) is 47.6. The SMILES string of the molecule is CCCC(C=O)c1ccc2c(c1)n(C)c(=O)n2C1CCC(=O)NC1=O. The van der Waals surface area contributed by atoms with Crippen molar-refractivity contribution in [2.45, 2.75) is 44.6 Å². The Balaban J connectivity index is 2.11. The van der Waals surface area contributed by atoms with E-state index in [2.05, 4.69) is 5.32 Å². The Bertz CT molecular complexity index is 909. The van der Waals surface area contributed by atoms with Gasteiger partial charge in [-0.25, -0.2) is 4.79 Å². The van der Waals surface area contributed by atoms with Crippen molar-refractivity contribution in [2.75, 3.05) is 0 Å². The molecule has 7 nitrogen and oxygen atoms in total. The first kappa shape index (κ1) is 17.1. The molecule has 2 amide bonds. The van der Waals surface area contributed by atoms with Crippen LogP contribution in [0.5, 0.6) is 0 Å². The van der Waals surface area contributed by atoms with Crippen molar-refractivity contribution < 1.29 is 14.4 Å². The van der Waals surface area contributed by atoms with E-state index in [0.29, 0.717) is 17.5 Å². The number of amides is 2. The fraction of sp³-hybridized carbons (Fsp3) is 0.444. The van der Waals surface area contributed by atoms with Crippen LogP contribution in [-0.2, 0) is 21.4 Å². The van der Waals surface area contributed by atoms with Crippen LogP contribution in [0.1, 0.15) is 50.1 Å². The summed E-state index contributed by atoms with van der Waals surface area (Å²) in [6.07, 6.45) is 3.08. The fourth-order valence-corrected chi connectivity index (χ4v) is 3.47. The highest BCUT2D eigenvalue weighted by Crippen LogP contribution is 2.27. The van der Waals surface area contributed by atoms with Crippen molar-refractivity contribution in [3.8, 4) is 0 Å². The van der Waals surface area contributed by atoms with Crippen LogP contribution in [0.4, 0.5) is 0 Å². The number of fused-ring (bicyclic) bond motifs is 1. The first-order valence-corrected chi connectivity index (χ1v) is 8.47. The molecule has 1 aliphatic heterocycles. The Morgan fingerprint density at radius 1 is 1.28 bits per heavy atom. The smallest absolute Gasteiger partial charge is 0.303 e. The molecule has 25 heavy (non-hydrogen) atoms. The Hall–Kier alpha value is -2.70. The van der Waals surface area contributed by atoms with Crippen LogP contribution in [0, 0.1) is 0 Å². The van der Waals surface area contributed by atoms with E-state index in [1.807, 2.05) is 19.1 Å². The molecule has 2 unspecified atom stereocenters. The minimum atomic E-state index is -0.697. The van der Waals surface area contributed by atoms with E-state index in [9.17, 15) is 19.2 Å². The van der Waals surface area contributed by atoms with E-state index in [-0.39, 0.29) is 23.9 Å². The molecular weight excluding hydrogens is 322 g/mol. The molecular formula is C18H21N3O4. The number of nitrogens with zero attached hydrogens (tertiary/aromatic N) is 2. The van der Waals surface area contributed by atoms with Gasteiger partial charge in [0.2, 0.25) is 11.8 Å². The summed E-state index contributed by atoms with van der Waals surface area (Å²) in [7, 11) is 1.65. The summed E-state index contributed by atoms with van der Waals surface area (Å²) in [5, 5.41) is 2.29. The Morgan fingerprint density at radius 2 is 2.04 bits per heavy atom. The maximum Gasteiger partial charge on any atom is 0.329 e. The number of aryl methyl sites for hydroxylation is 1. The highest BCUT2D eigenvalue weighted by atomic mass is 16.2. The molecule has 0 radical (unpaired) electrons. The molecule has 132 valence electrons. The molecule has 0 spiro atoms. The molecule has 3 rings (SSSR count). The zero-order valence-corrected chi connectivity index (χ0v) is 14.3. The summed E-state index contributed by atoms with van der Waals surface area (Å²) in [6.45, 7) is 2.02. The molecule has 1 saturated heterocycles. The molecule has 1 aliphatic rings. The minimum Gasteiger partial charge on any atom is -0.303 e. The molecule has 1 fully saturated rings. The number of carbonyl (C=O) groups is 3. The maximum absolute atomic E-state index is 12.7. The van der Waals surface area contributed by atoms with Gasteiger partial charge in [0.1, 0.15) is 12.3 Å². The minimum absolute atomic E-state index is 0.205. The van der Waals surface area contributed by atoms with Crippen LogP contribution in [-0.4, -0.2) is 27.2 Å². The number of nitrogens with one attached hydrogen (secondary N) is 1. The number of carbonyl (C=O) groups excluding carboxylic acids is 3. The molecule has 2 atom stereocenters. The number of rotatable bonds is 5. The average molecular weight is 343 g/mol. The number of hydrogen-bond donors (Lipinski definition) is 1. The summed E-state index contributed by atoms with van der Waals surface area (Å²) < 4.78 is 2.92. The van der Waals surface area contributed by atoms with Gasteiger partial charge in [-0.1, -0.05) is 19.4 Å². The third kappa shape index (κ3) is 2.90. The van der Waals surface area contributed by atoms with E-state index >= 15 is 0 Å². The molecule has 0 aliphatic carbocycles. The number of aldehydes is 1. The Kier molecular flexibility index (Phi) is 4.57. The van der Waals surface area contributed by atoms with Crippen LogP contribution < -0.4 is 11.0 Å². The normalized spacial score (nSPS) is 19.0. The summed E-state index contributed by atoms with van der Waals surface area (Å²) in [5.41, 5.74) is 1.86. The number of aromatic nitrogens is 2. The van der Waals surface area contributed by atoms with Crippen LogP contribution in [0.15, 0.2) is 23.0 Å². The first-order valence-electron chi connectivity index (χ1n) is 8.47. The predicted octanol–water partition coefficient (Wildman–Crippen LogP) is 1.40. The van der Waals surface area contributed by atoms with Crippen molar-refractivity contribution >= 4 is 29.1 Å². The van der Waals surface area contributed by atoms with Crippen molar-refractivity contribution in [2.24, 2.45) is 7.05 Å². The van der Waals surface area contributed by atoms with Crippen molar-refractivity contribution in [1.29, 1.82) is 0 Å². The van der Waals surface area contributed by atoms with Crippen molar-refractivity contribution in [3.05, 3.63) is 34.2 Å².